The maximum Gasteiger partial charge on any atom is 0.269 e. The summed E-state index contributed by atoms with van der Waals surface area (Å²) in [6, 6.07) is 14.0. The van der Waals surface area contributed by atoms with E-state index in [0.717, 1.165) is 0 Å². The molecule has 0 aliphatic carbocycles. The summed E-state index contributed by atoms with van der Waals surface area (Å²) >= 11 is 5.01. The molecule has 0 aliphatic rings. The van der Waals surface area contributed by atoms with Crippen LogP contribution in [0.2, 0.25) is 0 Å². The van der Waals surface area contributed by atoms with E-state index in [4.69, 9.17) is 22.2 Å². The molecule has 2 aromatic carbocycles. The van der Waals surface area contributed by atoms with Crippen LogP contribution < -0.4 is 15.4 Å². The fourth-order valence-corrected chi connectivity index (χ4v) is 2.04. The summed E-state index contributed by atoms with van der Waals surface area (Å²) < 4.78 is 5.23. The molecule has 0 saturated carbocycles. The fraction of sp³-hybridized carbons (Fsp3) is 0.0625. The first-order chi connectivity index (χ1) is 12.0. The molecule has 8 nitrogen and oxygen atoms in total. The molecule has 0 aliphatic heterocycles. The van der Waals surface area contributed by atoms with Crippen LogP contribution in [0.25, 0.3) is 0 Å². The van der Waals surface area contributed by atoms with Gasteiger partial charge in [-0.05, 0) is 42.5 Å². The third-order valence-electron chi connectivity index (χ3n) is 2.92. The summed E-state index contributed by atoms with van der Waals surface area (Å²) in [5.74, 6) is -0.173. The van der Waals surface area contributed by atoms with E-state index in [-0.39, 0.29) is 17.4 Å². The van der Waals surface area contributed by atoms with Gasteiger partial charge >= 0.3 is 0 Å². The number of hydrogen-bond donors (Lipinski definition) is 2. The minimum absolute atomic E-state index is 0.0624. The van der Waals surface area contributed by atoms with Crippen LogP contribution in [-0.4, -0.2) is 22.5 Å². The molecular weight excluding hydrogens is 344 g/mol. The van der Waals surface area contributed by atoms with Crippen molar-refractivity contribution in [2.45, 2.75) is 0 Å². The topological polar surface area (TPSA) is 117 Å². The molecule has 0 spiro atoms. The molecule has 9 heteroatoms. The van der Waals surface area contributed by atoms with Gasteiger partial charge in [0.25, 0.3) is 11.6 Å². The second kappa shape index (κ2) is 8.37. The Kier molecular flexibility index (Phi) is 5.97. The maximum absolute atomic E-state index is 11.8. The van der Waals surface area contributed by atoms with Gasteiger partial charge in [0, 0.05) is 17.8 Å². The van der Waals surface area contributed by atoms with Gasteiger partial charge < -0.3 is 10.1 Å². The summed E-state index contributed by atoms with van der Waals surface area (Å²) in [6.45, 7) is -0.308. The summed E-state index contributed by atoms with van der Waals surface area (Å²) in [4.78, 5) is 21.8. The molecule has 2 rings (SSSR count). The highest BCUT2D eigenvalue weighted by Crippen LogP contribution is 2.17. The van der Waals surface area contributed by atoms with Gasteiger partial charge in [-0.15, -0.1) is 0 Å². The number of amides is 1. The van der Waals surface area contributed by atoms with Crippen LogP contribution in [0.5, 0.6) is 5.75 Å². The molecule has 1 amide bonds. The van der Waals surface area contributed by atoms with Crippen LogP contribution in [0, 0.1) is 21.4 Å². The van der Waals surface area contributed by atoms with Gasteiger partial charge in [-0.25, -0.2) is 0 Å². The van der Waals surface area contributed by atoms with Gasteiger partial charge in [0.1, 0.15) is 5.75 Å². The lowest BCUT2D eigenvalue weighted by Gasteiger charge is -2.10. The first-order valence-electron chi connectivity index (χ1n) is 6.96. The van der Waals surface area contributed by atoms with Crippen LogP contribution in [-0.2, 0) is 4.79 Å². The third-order valence-corrected chi connectivity index (χ3v) is 3.12. The average Bonchev–Trinajstić information content (AvgIpc) is 2.60. The molecule has 126 valence electrons. The van der Waals surface area contributed by atoms with Crippen molar-refractivity contribution in [3.8, 4) is 11.8 Å². The Hall–Kier alpha value is -3.51. The predicted molar refractivity (Wildman–Crippen MR) is 94.1 cm³/mol. The van der Waals surface area contributed by atoms with Crippen molar-refractivity contribution in [3.63, 3.8) is 0 Å². The van der Waals surface area contributed by atoms with Crippen molar-refractivity contribution in [2.75, 3.05) is 11.9 Å². The van der Waals surface area contributed by atoms with Gasteiger partial charge in [-0.3, -0.25) is 20.2 Å². The normalized spacial score (nSPS) is 9.56. The minimum Gasteiger partial charge on any atom is -0.484 e. The lowest BCUT2D eigenvalue weighted by atomic mass is 10.2. The van der Waals surface area contributed by atoms with Crippen molar-refractivity contribution < 1.29 is 14.5 Å². The first-order valence-corrected chi connectivity index (χ1v) is 7.37. The van der Waals surface area contributed by atoms with Crippen molar-refractivity contribution >= 4 is 34.6 Å². The number of rotatable bonds is 5. The molecule has 25 heavy (non-hydrogen) atoms. The molecule has 2 aromatic rings. The first kappa shape index (κ1) is 17.8. The Morgan fingerprint density at radius 1 is 1.28 bits per heavy atom. The lowest BCUT2D eigenvalue weighted by molar-refractivity contribution is -0.384. The zero-order valence-corrected chi connectivity index (χ0v) is 13.6. The zero-order chi connectivity index (χ0) is 18.2. The average molecular weight is 356 g/mol. The van der Waals surface area contributed by atoms with Crippen molar-refractivity contribution in [2.24, 2.45) is 0 Å². The van der Waals surface area contributed by atoms with Gasteiger partial charge in [0.2, 0.25) is 0 Å². The van der Waals surface area contributed by atoms with Crippen molar-refractivity contribution in [1.82, 2.24) is 5.32 Å². The SMILES string of the molecule is N#Cc1cccc(NC(=S)NC(=O)COc2ccc([N+](=O)[O-])cc2)c1. The number of nitro groups is 1. The van der Waals surface area contributed by atoms with Crippen molar-refractivity contribution in [3.05, 3.63) is 64.2 Å². The summed E-state index contributed by atoms with van der Waals surface area (Å²) in [7, 11) is 0. The predicted octanol–water partition coefficient (Wildman–Crippen LogP) is 2.36. The lowest BCUT2D eigenvalue weighted by Crippen LogP contribution is -2.37. The number of nitro benzene ring substituents is 1. The highest BCUT2D eigenvalue weighted by molar-refractivity contribution is 7.80. The molecule has 0 unspecified atom stereocenters. The highest BCUT2D eigenvalue weighted by Gasteiger charge is 2.08. The van der Waals surface area contributed by atoms with Crippen LogP contribution in [0.1, 0.15) is 5.56 Å². The van der Waals surface area contributed by atoms with Crippen molar-refractivity contribution in [1.29, 1.82) is 5.26 Å². The van der Waals surface area contributed by atoms with E-state index < -0.39 is 10.8 Å². The standard InChI is InChI=1S/C16H12N4O4S/c17-9-11-2-1-3-12(8-11)18-16(25)19-15(21)10-24-14-6-4-13(5-7-14)20(22)23/h1-8H,10H2,(H2,18,19,21,25). The zero-order valence-electron chi connectivity index (χ0n) is 12.8. The number of ether oxygens (including phenoxy) is 1. The maximum atomic E-state index is 11.8. The van der Waals surface area contributed by atoms with Gasteiger partial charge in [-0.2, -0.15) is 5.26 Å². The fourth-order valence-electron chi connectivity index (χ4n) is 1.80. The molecular formula is C16H12N4O4S. The molecule has 2 N–H and O–H groups in total. The van der Waals surface area contributed by atoms with E-state index in [9.17, 15) is 14.9 Å². The molecule has 0 atom stereocenters. The summed E-state index contributed by atoms with van der Waals surface area (Å²) in [5, 5.41) is 24.7. The monoisotopic (exact) mass is 356 g/mol. The van der Waals surface area contributed by atoms with E-state index in [2.05, 4.69) is 10.6 Å². The molecule has 0 heterocycles. The van der Waals surface area contributed by atoms with E-state index in [1.807, 2.05) is 6.07 Å². The van der Waals surface area contributed by atoms with Gasteiger partial charge in [0.05, 0.1) is 16.6 Å². The number of hydrogen-bond acceptors (Lipinski definition) is 6. The third kappa shape index (κ3) is 5.56. The number of nitrogens with zero attached hydrogens (tertiary/aromatic N) is 2. The second-order valence-electron chi connectivity index (χ2n) is 4.73. The van der Waals surface area contributed by atoms with E-state index >= 15 is 0 Å². The summed E-state index contributed by atoms with van der Waals surface area (Å²) in [5.41, 5.74) is 0.961. The van der Waals surface area contributed by atoms with Crippen LogP contribution in [0.4, 0.5) is 11.4 Å². The van der Waals surface area contributed by atoms with E-state index in [0.29, 0.717) is 17.0 Å². The molecule has 0 fully saturated rings. The second-order valence-corrected chi connectivity index (χ2v) is 5.14. The van der Waals surface area contributed by atoms with Crippen LogP contribution >= 0.6 is 12.2 Å². The van der Waals surface area contributed by atoms with Crippen LogP contribution in [0.3, 0.4) is 0 Å². The number of thiocarbonyl (C=S) groups is 1. The van der Waals surface area contributed by atoms with E-state index in [1.54, 1.807) is 24.3 Å². The minimum atomic E-state index is -0.526. The van der Waals surface area contributed by atoms with Gasteiger partial charge in [0.15, 0.2) is 11.7 Å². The number of non-ortho nitro benzene ring substituents is 1. The number of benzene rings is 2. The molecule has 0 aromatic heterocycles. The smallest absolute Gasteiger partial charge is 0.269 e. The van der Waals surface area contributed by atoms with Crippen LogP contribution in [0.15, 0.2) is 48.5 Å². The highest BCUT2D eigenvalue weighted by atomic mass is 32.1. The molecule has 0 bridgehead atoms. The number of nitriles is 1. The number of carbonyl (C=O) groups is 1. The number of anilines is 1. The number of nitrogens with one attached hydrogen (secondary N) is 2. The van der Waals surface area contributed by atoms with E-state index in [1.165, 1.54) is 24.3 Å². The Labute approximate surface area is 148 Å². The van der Waals surface area contributed by atoms with Gasteiger partial charge in [-0.1, -0.05) is 6.07 Å². The Bertz CT molecular complexity index is 846. The Morgan fingerprint density at radius 2 is 2.00 bits per heavy atom. The quantitative estimate of drug-likeness (QED) is 0.480. The molecule has 0 saturated heterocycles. The largest absolute Gasteiger partial charge is 0.484 e. The Morgan fingerprint density at radius 3 is 2.64 bits per heavy atom. The summed E-state index contributed by atoms with van der Waals surface area (Å²) in [6.07, 6.45) is 0. The Balaban J connectivity index is 1.82. The molecule has 0 radical (unpaired) electrons. The number of carbonyl (C=O) groups excluding carboxylic acids is 1.